The van der Waals surface area contributed by atoms with Gasteiger partial charge in [0.05, 0.1) is 26.5 Å². The van der Waals surface area contributed by atoms with Crippen molar-refractivity contribution in [2.75, 3.05) is 20.2 Å². The minimum absolute atomic E-state index is 0.00285. The molecule has 28 heavy (non-hydrogen) atoms. The monoisotopic (exact) mass is 401 g/mol. The lowest BCUT2D eigenvalue weighted by Gasteiger charge is -2.32. The number of halogens is 1. The summed E-state index contributed by atoms with van der Waals surface area (Å²) in [6.45, 7) is 0.802. The smallest absolute Gasteiger partial charge is 0.309 e. The van der Waals surface area contributed by atoms with E-state index in [9.17, 15) is 9.59 Å². The Labute approximate surface area is 167 Å². The summed E-state index contributed by atoms with van der Waals surface area (Å²) in [5, 5.41) is 3.77. The number of methoxy groups -OCH3 is 1. The van der Waals surface area contributed by atoms with Crippen LogP contribution in [-0.4, -0.2) is 32.1 Å². The molecule has 0 aliphatic carbocycles. The second-order valence-corrected chi connectivity index (χ2v) is 7.18. The molecular weight excluding hydrogens is 382 g/mol. The highest BCUT2D eigenvalue weighted by molar-refractivity contribution is 6.33. The van der Waals surface area contributed by atoms with Gasteiger partial charge >= 0.3 is 11.9 Å². The van der Waals surface area contributed by atoms with E-state index >= 15 is 0 Å². The molecule has 1 saturated heterocycles. The van der Waals surface area contributed by atoms with Gasteiger partial charge in [-0.2, -0.15) is 0 Å². The van der Waals surface area contributed by atoms with Gasteiger partial charge in [0, 0.05) is 21.7 Å². The van der Waals surface area contributed by atoms with Crippen LogP contribution in [0.3, 0.4) is 0 Å². The summed E-state index contributed by atoms with van der Waals surface area (Å²) in [6, 6.07) is 11.1. The molecule has 146 valence electrons. The Morgan fingerprint density at radius 3 is 2.46 bits per heavy atom. The van der Waals surface area contributed by atoms with E-state index in [1.165, 1.54) is 0 Å². The molecule has 0 aromatic heterocycles. The summed E-state index contributed by atoms with van der Waals surface area (Å²) in [5.41, 5.74) is 3.11. The molecule has 0 bridgehead atoms. The number of carbonyl (C=O) groups is 2. The molecule has 2 aliphatic heterocycles. The molecule has 1 N–H and O–H groups in total. The van der Waals surface area contributed by atoms with Crippen molar-refractivity contribution < 1.29 is 23.8 Å². The fourth-order valence-corrected chi connectivity index (χ4v) is 4.10. The van der Waals surface area contributed by atoms with E-state index in [-0.39, 0.29) is 19.4 Å². The van der Waals surface area contributed by atoms with E-state index in [0.29, 0.717) is 29.3 Å². The van der Waals surface area contributed by atoms with Crippen LogP contribution in [0.5, 0.6) is 5.75 Å². The van der Waals surface area contributed by atoms with E-state index in [4.69, 9.17) is 25.8 Å². The number of esters is 2. The van der Waals surface area contributed by atoms with Crippen LogP contribution < -0.4 is 10.1 Å². The molecular formula is C21H20ClNO5. The highest BCUT2D eigenvalue weighted by Gasteiger charge is 2.46. The summed E-state index contributed by atoms with van der Waals surface area (Å²) < 4.78 is 16.9. The van der Waals surface area contributed by atoms with Crippen molar-refractivity contribution in [3.05, 3.63) is 52.5 Å². The number of hydrogen-bond acceptors (Lipinski definition) is 6. The number of nitrogens with one attached hydrogen (secondary N) is 1. The maximum absolute atomic E-state index is 12.2. The molecule has 1 fully saturated rings. The first-order chi connectivity index (χ1) is 13.5. The lowest BCUT2D eigenvalue weighted by molar-refractivity contribution is -0.225. The van der Waals surface area contributed by atoms with Gasteiger partial charge in [-0.3, -0.25) is 9.59 Å². The van der Waals surface area contributed by atoms with Gasteiger partial charge in [0.15, 0.2) is 0 Å². The van der Waals surface area contributed by atoms with Gasteiger partial charge in [-0.25, -0.2) is 0 Å². The summed E-state index contributed by atoms with van der Waals surface area (Å²) in [4.78, 5) is 24.4. The minimum atomic E-state index is -1.50. The molecule has 2 aromatic carbocycles. The zero-order valence-electron chi connectivity index (χ0n) is 15.4. The zero-order valence-corrected chi connectivity index (χ0v) is 16.2. The molecule has 7 heteroatoms. The van der Waals surface area contributed by atoms with E-state index in [1.807, 2.05) is 24.3 Å². The topological polar surface area (TPSA) is 73.9 Å². The first-order valence-corrected chi connectivity index (χ1v) is 9.51. The predicted octanol–water partition coefficient (Wildman–Crippen LogP) is 3.19. The standard InChI is InChI=1S/C21H20ClNO5/c1-26-17-5-3-2-4-14(17)20-13-10-11-23-12-21(15(13)6-7-16(20)22)27-18(24)8-9-19(25)28-21/h2-7,23H,8-12H2,1H3. The summed E-state index contributed by atoms with van der Waals surface area (Å²) >= 11 is 6.60. The minimum Gasteiger partial charge on any atom is -0.496 e. The van der Waals surface area contributed by atoms with Crippen molar-refractivity contribution in [3.63, 3.8) is 0 Å². The van der Waals surface area contributed by atoms with E-state index in [2.05, 4.69) is 5.32 Å². The van der Waals surface area contributed by atoms with Crippen LogP contribution in [0.1, 0.15) is 24.0 Å². The summed E-state index contributed by atoms with van der Waals surface area (Å²) in [7, 11) is 1.60. The second-order valence-electron chi connectivity index (χ2n) is 6.78. The highest BCUT2D eigenvalue weighted by atomic mass is 35.5. The van der Waals surface area contributed by atoms with Gasteiger partial charge < -0.3 is 19.5 Å². The Morgan fingerprint density at radius 1 is 1.04 bits per heavy atom. The maximum Gasteiger partial charge on any atom is 0.309 e. The van der Waals surface area contributed by atoms with Crippen molar-refractivity contribution in [2.24, 2.45) is 0 Å². The third kappa shape index (κ3) is 3.23. The van der Waals surface area contributed by atoms with Crippen molar-refractivity contribution in [2.45, 2.75) is 25.0 Å². The molecule has 2 aliphatic rings. The van der Waals surface area contributed by atoms with E-state index in [0.717, 1.165) is 16.7 Å². The Hall–Kier alpha value is -2.57. The lowest BCUT2D eigenvalue weighted by atomic mass is 9.89. The quantitative estimate of drug-likeness (QED) is 0.779. The molecule has 4 rings (SSSR count). The highest BCUT2D eigenvalue weighted by Crippen LogP contribution is 2.44. The predicted molar refractivity (Wildman–Crippen MR) is 103 cm³/mol. The number of para-hydroxylation sites is 1. The van der Waals surface area contributed by atoms with Crippen LogP contribution in [0.4, 0.5) is 0 Å². The molecule has 6 nitrogen and oxygen atoms in total. The van der Waals surface area contributed by atoms with Gasteiger partial charge in [0.25, 0.3) is 5.79 Å². The second kappa shape index (κ2) is 7.45. The van der Waals surface area contributed by atoms with Crippen LogP contribution in [-0.2, 0) is 31.3 Å². The first kappa shape index (κ1) is 18.8. The molecule has 1 spiro atoms. The third-order valence-electron chi connectivity index (χ3n) is 5.05. The van der Waals surface area contributed by atoms with E-state index in [1.54, 1.807) is 19.2 Å². The fraction of sp³-hybridized carbons (Fsp3) is 0.333. The molecule has 0 radical (unpaired) electrons. The van der Waals surface area contributed by atoms with Gasteiger partial charge in [-0.1, -0.05) is 29.8 Å². The normalized spacial score (nSPS) is 18.5. The van der Waals surface area contributed by atoms with Gasteiger partial charge in [-0.05, 0) is 36.7 Å². The first-order valence-electron chi connectivity index (χ1n) is 9.14. The van der Waals surface area contributed by atoms with Crippen LogP contribution >= 0.6 is 11.6 Å². The van der Waals surface area contributed by atoms with Crippen LogP contribution in [0.2, 0.25) is 5.02 Å². The Balaban J connectivity index is 1.96. The van der Waals surface area contributed by atoms with E-state index < -0.39 is 17.7 Å². The zero-order chi connectivity index (χ0) is 19.7. The molecule has 0 amide bonds. The Bertz CT molecular complexity index is 924. The number of rotatable bonds is 2. The molecule has 2 aromatic rings. The maximum atomic E-state index is 12.2. The van der Waals surface area contributed by atoms with Gasteiger partial charge in [0.2, 0.25) is 0 Å². The lowest BCUT2D eigenvalue weighted by Crippen LogP contribution is -2.43. The molecule has 2 heterocycles. The van der Waals surface area contributed by atoms with Gasteiger partial charge in [-0.15, -0.1) is 0 Å². The van der Waals surface area contributed by atoms with Crippen molar-refractivity contribution in [1.82, 2.24) is 5.32 Å². The van der Waals surface area contributed by atoms with Crippen LogP contribution in [0.25, 0.3) is 11.1 Å². The van der Waals surface area contributed by atoms with Crippen molar-refractivity contribution in [1.29, 1.82) is 0 Å². The van der Waals surface area contributed by atoms with Crippen molar-refractivity contribution in [3.8, 4) is 16.9 Å². The average molecular weight is 402 g/mol. The number of benzene rings is 2. The van der Waals surface area contributed by atoms with Crippen molar-refractivity contribution >= 4 is 23.5 Å². The average Bonchev–Trinajstić information content (AvgIpc) is 2.95. The SMILES string of the molecule is COc1ccccc1-c1c(Cl)ccc2c1CCNCC21OC(=O)CCC(=O)O1. The molecule has 0 atom stereocenters. The van der Waals surface area contributed by atoms with Crippen LogP contribution in [0.15, 0.2) is 36.4 Å². The molecule has 0 unspecified atom stereocenters. The number of fused-ring (bicyclic) bond motifs is 2. The Morgan fingerprint density at radius 2 is 1.75 bits per heavy atom. The molecule has 0 saturated carbocycles. The summed E-state index contributed by atoms with van der Waals surface area (Å²) in [6.07, 6.45) is 0.631. The summed E-state index contributed by atoms with van der Waals surface area (Å²) in [5.74, 6) is -1.75. The number of carbonyl (C=O) groups excluding carboxylic acids is 2. The fourth-order valence-electron chi connectivity index (χ4n) is 3.82. The third-order valence-corrected chi connectivity index (χ3v) is 5.36. The largest absolute Gasteiger partial charge is 0.496 e. The number of hydrogen-bond donors (Lipinski definition) is 1. The van der Waals surface area contributed by atoms with Gasteiger partial charge in [0.1, 0.15) is 5.75 Å². The van der Waals surface area contributed by atoms with Crippen LogP contribution in [0, 0.1) is 0 Å². The number of ether oxygens (including phenoxy) is 3. The Kier molecular flexibility index (Phi) is 5.00.